The van der Waals surface area contributed by atoms with Crippen molar-refractivity contribution in [2.24, 2.45) is 5.92 Å². The predicted molar refractivity (Wildman–Crippen MR) is 142 cm³/mol. The van der Waals surface area contributed by atoms with Gasteiger partial charge in [0.25, 0.3) is 0 Å². The number of amides is 2. The minimum Gasteiger partial charge on any atom is -0.327 e. The first-order valence-electron chi connectivity index (χ1n) is 13.0. The molecule has 4 aromatic rings. The molecule has 0 spiro atoms. The highest BCUT2D eigenvalue weighted by molar-refractivity contribution is 7.18. The molecule has 3 aliphatic heterocycles. The van der Waals surface area contributed by atoms with Crippen molar-refractivity contribution in [2.45, 2.75) is 44.1 Å². The topological polar surface area (TPSA) is 107 Å². The number of aromatic nitrogens is 4. The Hall–Kier alpha value is -3.37. The average molecular weight is 516 g/mol. The van der Waals surface area contributed by atoms with E-state index in [1.165, 1.54) is 41.8 Å². The second-order valence-corrected chi connectivity index (χ2v) is 12.0. The number of H-pyrrole nitrogens is 1. The third kappa shape index (κ3) is 3.81. The molecule has 0 unspecified atom stereocenters. The van der Waals surface area contributed by atoms with E-state index in [9.17, 15) is 9.59 Å². The van der Waals surface area contributed by atoms with Crippen LogP contribution in [0.5, 0.6) is 0 Å². The number of hydrogen-bond donors (Lipinski definition) is 2. The van der Waals surface area contributed by atoms with Crippen LogP contribution >= 0.6 is 11.3 Å². The smallest absolute Gasteiger partial charge is 0.314 e. The van der Waals surface area contributed by atoms with Gasteiger partial charge in [0, 0.05) is 30.1 Å². The predicted octanol–water partition coefficient (Wildman–Crippen LogP) is 3.85. The fourth-order valence-electron chi connectivity index (χ4n) is 6.38. The molecular formula is C27H29N7O2S. The van der Waals surface area contributed by atoms with E-state index >= 15 is 0 Å². The maximum atomic E-state index is 13.5. The molecule has 3 fully saturated rings. The van der Waals surface area contributed by atoms with Gasteiger partial charge < -0.3 is 15.1 Å². The van der Waals surface area contributed by atoms with Crippen molar-refractivity contribution in [3.63, 3.8) is 0 Å². The number of anilines is 1. The Morgan fingerprint density at radius 2 is 2.03 bits per heavy atom. The summed E-state index contributed by atoms with van der Waals surface area (Å²) in [5, 5.41) is 11.7. The van der Waals surface area contributed by atoms with E-state index in [2.05, 4.69) is 50.5 Å². The summed E-state index contributed by atoms with van der Waals surface area (Å²) < 4.78 is 1.19. The summed E-state index contributed by atoms with van der Waals surface area (Å²) >= 11 is 1.82. The number of nitrogens with zero attached hydrogens (tertiary/aromatic N) is 5. The number of likely N-dealkylation sites (tertiary alicyclic amines) is 1. The fourth-order valence-corrected chi connectivity index (χ4v) is 7.56. The zero-order valence-corrected chi connectivity index (χ0v) is 21.6. The van der Waals surface area contributed by atoms with Crippen LogP contribution in [-0.2, 0) is 15.0 Å². The average Bonchev–Trinajstić information content (AvgIpc) is 3.71. The van der Waals surface area contributed by atoms with Crippen molar-refractivity contribution >= 4 is 50.0 Å². The van der Waals surface area contributed by atoms with Crippen LogP contribution in [0.4, 0.5) is 5.69 Å². The molecule has 2 amide bonds. The number of piperidine rings is 2. The van der Waals surface area contributed by atoms with Crippen LogP contribution in [0, 0.1) is 5.92 Å². The van der Waals surface area contributed by atoms with Crippen LogP contribution < -0.4 is 5.32 Å². The number of carbonyl (C=O) groups is 2. The minimum atomic E-state index is -0.661. The minimum absolute atomic E-state index is 0.156. The Kier molecular flexibility index (Phi) is 5.30. The van der Waals surface area contributed by atoms with Gasteiger partial charge in [-0.15, -0.1) is 11.3 Å². The number of carbonyl (C=O) groups excluding carboxylic acids is 2. The van der Waals surface area contributed by atoms with Gasteiger partial charge in [0.1, 0.15) is 5.01 Å². The molecule has 6 heterocycles. The standard InChI is InChI=1S/C27H29N7O2S/c1-16-2-4-21(34(14-16)25(36)24(35)30-20-13-28-11-18-12-29-32-23(18)20)17-3-5-22-19(10-17)31-26(37-22)27-6-8-33(15-27)9-7-27/h3,5,10-13,16,21H,2,4,6-9,14-15H2,1H3,(H,29,32)(H,30,35)/t16-,21+/m0/s1. The van der Waals surface area contributed by atoms with Gasteiger partial charge in [0.15, 0.2) is 0 Å². The Morgan fingerprint density at radius 1 is 1.16 bits per heavy atom. The van der Waals surface area contributed by atoms with E-state index in [1.54, 1.807) is 17.3 Å². The number of hydrogen-bond acceptors (Lipinski definition) is 7. The van der Waals surface area contributed by atoms with Gasteiger partial charge >= 0.3 is 11.8 Å². The molecule has 190 valence electrons. The molecule has 0 saturated carbocycles. The molecule has 10 heteroatoms. The summed E-state index contributed by atoms with van der Waals surface area (Å²) in [6.45, 7) is 6.14. The molecule has 3 saturated heterocycles. The van der Waals surface area contributed by atoms with Crippen LogP contribution in [0.3, 0.4) is 0 Å². The van der Waals surface area contributed by atoms with Crippen LogP contribution in [-0.4, -0.2) is 68.0 Å². The Balaban J connectivity index is 1.16. The second kappa shape index (κ2) is 8.59. The van der Waals surface area contributed by atoms with Gasteiger partial charge in [-0.05, 0) is 62.4 Å². The molecule has 0 aliphatic carbocycles. The first-order chi connectivity index (χ1) is 18.0. The number of pyridine rings is 1. The molecule has 3 aliphatic rings. The first kappa shape index (κ1) is 22.8. The summed E-state index contributed by atoms with van der Waals surface area (Å²) in [5.41, 5.74) is 3.37. The van der Waals surface area contributed by atoms with Crippen LogP contribution in [0.25, 0.3) is 21.1 Å². The highest BCUT2D eigenvalue weighted by Gasteiger charge is 2.47. The van der Waals surface area contributed by atoms with E-state index in [1.807, 2.05) is 11.3 Å². The summed E-state index contributed by atoms with van der Waals surface area (Å²) in [5.74, 6) is -0.860. The molecular weight excluding hydrogens is 486 g/mol. The van der Waals surface area contributed by atoms with Crippen molar-refractivity contribution in [3.05, 3.63) is 47.4 Å². The number of nitrogens with one attached hydrogen (secondary N) is 2. The molecule has 0 radical (unpaired) electrons. The quantitative estimate of drug-likeness (QED) is 0.402. The van der Waals surface area contributed by atoms with Crippen LogP contribution in [0.1, 0.15) is 49.2 Å². The number of aromatic amines is 1. The van der Waals surface area contributed by atoms with Crippen molar-refractivity contribution in [1.82, 2.24) is 30.0 Å². The largest absolute Gasteiger partial charge is 0.327 e. The van der Waals surface area contributed by atoms with Gasteiger partial charge in [-0.3, -0.25) is 19.7 Å². The van der Waals surface area contributed by atoms with E-state index in [0.29, 0.717) is 23.7 Å². The summed E-state index contributed by atoms with van der Waals surface area (Å²) in [6, 6.07) is 6.25. The molecule has 2 bridgehead atoms. The molecule has 2 atom stereocenters. The highest BCUT2D eigenvalue weighted by Crippen LogP contribution is 2.46. The van der Waals surface area contributed by atoms with E-state index in [0.717, 1.165) is 35.9 Å². The van der Waals surface area contributed by atoms with Gasteiger partial charge in [-0.25, -0.2) is 4.98 Å². The van der Waals surface area contributed by atoms with Crippen LogP contribution in [0.2, 0.25) is 0 Å². The third-order valence-corrected chi connectivity index (χ3v) is 9.75. The maximum absolute atomic E-state index is 13.5. The van der Waals surface area contributed by atoms with Crippen molar-refractivity contribution in [2.75, 3.05) is 31.5 Å². The van der Waals surface area contributed by atoms with E-state index in [4.69, 9.17) is 4.98 Å². The summed E-state index contributed by atoms with van der Waals surface area (Å²) in [7, 11) is 0. The van der Waals surface area contributed by atoms with Gasteiger partial charge in [-0.2, -0.15) is 5.10 Å². The maximum Gasteiger partial charge on any atom is 0.314 e. The molecule has 3 aromatic heterocycles. The normalized spacial score (nSPS) is 27.3. The lowest BCUT2D eigenvalue weighted by Crippen LogP contribution is -2.46. The molecule has 37 heavy (non-hydrogen) atoms. The highest BCUT2D eigenvalue weighted by atomic mass is 32.1. The Morgan fingerprint density at radius 3 is 2.84 bits per heavy atom. The molecule has 1 aromatic carbocycles. The van der Waals surface area contributed by atoms with Crippen LogP contribution in [0.15, 0.2) is 36.8 Å². The second-order valence-electron chi connectivity index (χ2n) is 10.9. The number of fused-ring (bicyclic) bond motifs is 4. The van der Waals surface area contributed by atoms with E-state index < -0.39 is 11.8 Å². The SMILES string of the molecule is C[C@H]1CC[C@H](c2ccc3sc(C45CCN(CC4)C5)nc3c2)N(C(=O)C(=O)Nc2cncc3cn[nH]c23)C1. The Bertz CT molecular complexity index is 1520. The first-order valence-corrected chi connectivity index (χ1v) is 13.8. The fraction of sp³-hybridized carbons (Fsp3) is 0.444. The van der Waals surface area contributed by atoms with Gasteiger partial charge in [0.05, 0.1) is 39.9 Å². The van der Waals surface area contributed by atoms with Crippen molar-refractivity contribution in [1.29, 1.82) is 0 Å². The third-order valence-electron chi connectivity index (χ3n) is 8.47. The number of benzene rings is 1. The zero-order chi connectivity index (χ0) is 25.1. The Labute approximate surface area is 218 Å². The monoisotopic (exact) mass is 515 g/mol. The molecule has 9 nitrogen and oxygen atoms in total. The van der Waals surface area contributed by atoms with Crippen molar-refractivity contribution < 1.29 is 9.59 Å². The molecule has 7 rings (SSSR count). The van der Waals surface area contributed by atoms with E-state index in [-0.39, 0.29) is 11.5 Å². The lowest BCUT2D eigenvalue weighted by atomic mass is 9.85. The summed E-state index contributed by atoms with van der Waals surface area (Å²) in [4.78, 5) is 40.1. The lowest BCUT2D eigenvalue weighted by molar-refractivity contribution is -0.146. The van der Waals surface area contributed by atoms with Gasteiger partial charge in [-0.1, -0.05) is 13.0 Å². The lowest BCUT2D eigenvalue weighted by Gasteiger charge is -2.38. The number of thiazole rings is 1. The van der Waals surface area contributed by atoms with Gasteiger partial charge in [0.2, 0.25) is 0 Å². The zero-order valence-electron chi connectivity index (χ0n) is 20.7. The number of rotatable bonds is 3. The molecule has 2 N–H and O–H groups in total. The van der Waals surface area contributed by atoms with Crippen molar-refractivity contribution in [3.8, 4) is 0 Å². The summed E-state index contributed by atoms with van der Waals surface area (Å²) in [6.07, 6.45) is 9.04.